The normalized spacial score (nSPS) is 14.7. The van der Waals surface area contributed by atoms with Gasteiger partial charge in [0.05, 0.1) is 12.8 Å². The van der Waals surface area contributed by atoms with E-state index in [0.29, 0.717) is 12.2 Å². The molecule has 0 bridgehead atoms. The number of carbonyl (C=O) groups excluding carboxylic acids is 3. The fourth-order valence-electron chi connectivity index (χ4n) is 3.93. The molecule has 1 heterocycles. The van der Waals surface area contributed by atoms with Gasteiger partial charge in [-0.25, -0.2) is 0 Å². The molecule has 0 aliphatic heterocycles. The fourth-order valence-corrected chi connectivity index (χ4v) is 4.69. The van der Waals surface area contributed by atoms with Gasteiger partial charge >= 0.3 is 0 Å². The molecule has 1 saturated carbocycles. The maximum Gasteiger partial charge on any atom is 0.270 e. The topological polar surface area (TPSA) is 141 Å². The highest BCUT2D eigenvalue weighted by molar-refractivity contribution is 7.09. The first-order valence-electron chi connectivity index (χ1n) is 10.6. The van der Waals surface area contributed by atoms with Gasteiger partial charge < -0.3 is 26.4 Å². The molecule has 1 fully saturated rings. The van der Waals surface area contributed by atoms with E-state index in [9.17, 15) is 14.4 Å². The Hall–Kier alpha value is -3.14. The van der Waals surface area contributed by atoms with Gasteiger partial charge in [0.1, 0.15) is 16.7 Å². The number of nitrogens with one attached hydrogen (secondary N) is 1. The summed E-state index contributed by atoms with van der Waals surface area (Å²) >= 11 is 0.811. The van der Waals surface area contributed by atoms with Crippen molar-refractivity contribution in [2.45, 2.75) is 57.7 Å². The Kier molecular flexibility index (Phi) is 7.68. The first-order valence-corrected chi connectivity index (χ1v) is 11.4. The Bertz CT molecular complexity index is 969. The predicted octanol–water partition coefficient (Wildman–Crippen LogP) is 2.31. The van der Waals surface area contributed by atoms with Crippen LogP contribution >= 0.6 is 11.5 Å². The number of primary amides is 1. The van der Waals surface area contributed by atoms with Crippen molar-refractivity contribution < 1.29 is 19.1 Å². The number of nitrogen functional groups attached to an aromatic ring is 1. The summed E-state index contributed by atoms with van der Waals surface area (Å²) in [6.07, 6.45) is 4.48. The molecule has 0 radical (unpaired) electrons. The van der Waals surface area contributed by atoms with Crippen LogP contribution in [-0.4, -0.2) is 46.2 Å². The van der Waals surface area contributed by atoms with Crippen molar-refractivity contribution in [1.82, 2.24) is 14.6 Å². The van der Waals surface area contributed by atoms with Gasteiger partial charge in [0.2, 0.25) is 5.91 Å². The lowest BCUT2D eigenvalue weighted by atomic mass is 10.1. The standard InChI is InChI=1S/C22H29N5O4S/c1-3-16(21(29)25-14-6-4-5-7-14)27(12-13-8-10-15(31-2)11-9-13)22(30)19-17(23)18(20(24)28)26-32-19/h8-11,14,16H,3-7,12,23H2,1-2H3,(H2,24,28)(H,25,29). The lowest BCUT2D eigenvalue weighted by Crippen LogP contribution is -2.50. The zero-order valence-electron chi connectivity index (χ0n) is 18.3. The molecule has 0 saturated heterocycles. The van der Waals surface area contributed by atoms with E-state index in [1.807, 2.05) is 19.1 Å². The summed E-state index contributed by atoms with van der Waals surface area (Å²) in [6.45, 7) is 2.04. The van der Waals surface area contributed by atoms with Crippen LogP contribution in [0.25, 0.3) is 0 Å². The lowest BCUT2D eigenvalue weighted by molar-refractivity contribution is -0.126. The average Bonchev–Trinajstić information content (AvgIpc) is 3.43. The van der Waals surface area contributed by atoms with Crippen molar-refractivity contribution in [2.75, 3.05) is 12.8 Å². The van der Waals surface area contributed by atoms with Crippen LogP contribution < -0.4 is 21.5 Å². The summed E-state index contributed by atoms with van der Waals surface area (Å²) in [5.41, 5.74) is 11.9. The van der Waals surface area contributed by atoms with Crippen molar-refractivity contribution >= 4 is 34.9 Å². The predicted molar refractivity (Wildman–Crippen MR) is 122 cm³/mol. The Morgan fingerprint density at radius 1 is 1.25 bits per heavy atom. The Morgan fingerprint density at radius 3 is 2.44 bits per heavy atom. The maximum atomic E-state index is 13.5. The Morgan fingerprint density at radius 2 is 1.91 bits per heavy atom. The van der Waals surface area contributed by atoms with Crippen molar-refractivity contribution in [2.24, 2.45) is 5.73 Å². The average molecular weight is 460 g/mol. The third kappa shape index (κ3) is 5.18. The van der Waals surface area contributed by atoms with Crippen LogP contribution in [-0.2, 0) is 11.3 Å². The third-order valence-corrected chi connectivity index (χ3v) is 6.55. The maximum absolute atomic E-state index is 13.5. The molecular weight excluding hydrogens is 430 g/mol. The van der Waals surface area contributed by atoms with E-state index < -0.39 is 17.9 Å². The lowest BCUT2D eigenvalue weighted by Gasteiger charge is -2.31. The molecule has 5 N–H and O–H groups in total. The second kappa shape index (κ2) is 10.4. The quantitative estimate of drug-likeness (QED) is 0.525. The van der Waals surface area contributed by atoms with E-state index in [1.54, 1.807) is 19.2 Å². The van der Waals surface area contributed by atoms with Crippen LogP contribution in [0.1, 0.15) is 64.8 Å². The zero-order chi connectivity index (χ0) is 23.3. The largest absolute Gasteiger partial charge is 0.497 e. The summed E-state index contributed by atoms with van der Waals surface area (Å²) in [5, 5.41) is 3.09. The first kappa shape index (κ1) is 23.5. The molecule has 1 atom stereocenters. The molecular formula is C22H29N5O4S. The van der Waals surface area contributed by atoms with Gasteiger partial charge in [-0.1, -0.05) is 31.9 Å². The van der Waals surface area contributed by atoms with Gasteiger partial charge in [0.25, 0.3) is 11.8 Å². The second-order valence-corrected chi connectivity index (χ2v) is 8.61. The number of amides is 3. The summed E-state index contributed by atoms with van der Waals surface area (Å²) in [5.74, 6) is -0.766. The summed E-state index contributed by atoms with van der Waals surface area (Å²) in [7, 11) is 1.58. The number of nitrogens with two attached hydrogens (primary N) is 2. The van der Waals surface area contributed by atoms with Crippen molar-refractivity contribution in [3.63, 3.8) is 0 Å². The van der Waals surface area contributed by atoms with Crippen LogP contribution in [0.2, 0.25) is 0 Å². The number of hydrogen-bond donors (Lipinski definition) is 3. The number of rotatable bonds is 9. The van der Waals surface area contributed by atoms with Gasteiger partial charge in [0, 0.05) is 12.6 Å². The highest BCUT2D eigenvalue weighted by Crippen LogP contribution is 2.26. The van der Waals surface area contributed by atoms with E-state index in [4.69, 9.17) is 16.2 Å². The minimum absolute atomic E-state index is 0.0571. The molecule has 2 aromatic rings. The number of ether oxygens (including phenoxy) is 1. The second-order valence-electron chi connectivity index (χ2n) is 7.83. The van der Waals surface area contributed by atoms with Crippen LogP contribution in [0.4, 0.5) is 5.69 Å². The van der Waals surface area contributed by atoms with E-state index in [-0.39, 0.29) is 34.8 Å². The molecule has 32 heavy (non-hydrogen) atoms. The molecule has 3 amide bonds. The molecule has 3 rings (SSSR count). The number of benzene rings is 1. The molecule has 9 nitrogen and oxygen atoms in total. The van der Waals surface area contributed by atoms with Crippen molar-refractivity contribution in [1.29, 1.82) is 0 Å². The van der Waals surface area contributed by atoms with Gasteiger partial charge in [0.15, 0.2) is 5.69 Å². The van der Waals surface area contributed by atoms with Crippen LogP contribution in [0.3, 0.4) is 0 Å². The number of methoxy groups -OCH3 is 1. The molecule has 1 aromatic carbocycles. The monoisotopic (exact) mass is 459 g/mol. The Balaban J connectivity index is 1.92. The van der Waals surface area contributed by atoms with Gasteiger partial charge in [-0.15, -0.1) is 0 Å². The Labute approximate surface area is 191 Å². The number of carbonyl (C=O) groups is 3. The number of hydrogen-bond acceptors (Lipinski definition) is 7. The fraction of sp³-hybridized carbons (Fsp3) is 0.455. The van der Waals surface area contributed by atoms with Gasteiger partial charge in [-0.05, 0) is 48.5 Å². The van der Waals surface area contributed by atoms with E-state index in [2.05, 4.69) is 9.69 Å². The highest BCUT2D eigenvalue weighted by atomic mass is 32.1. The molecule has 172 valence electrons. The highest BCUT2D eigenvalue weighted by Gasteiger charge is 2.33. The number of anilines is 1. The van der Waals surface area contributed by atoms with E-state index in [1.165, 1.54) is 4.90 Å². The molecule has 1 aromatic heterocycles. The van der Waals surface area contributed by atoms with Crippen molar-refractivity contribution in [3.8, 4) is 5.75 Å². The van der Waals surface area contributed by atoms with Crippen LogP contribution in [0.5, 0.6) is 5.75 Å². The first-order chi connectivity index (χ1) is 15.3. The zero-order valence-corrected chi connectivity index (χ0v) is 19.1. The number of aromatic nitrogens is 1. The smallest absolute Gasteiger partial charge is 0.270 e. The van der Waals surface area contributed by atoms with Gasteiger partial charge in [-0.2, -0.15) is 4.37 Å². The third-order valence-electron chi connectivity index (χ3n) is 5.70. The van der Waals surface area contributed by atoms with Crippen LogP contribution in [0, 0.1) is 0 Å². The van der Waals surface area contributed by atoms with Crippen LogP contribution in [0.15, 0.2) is 24.3 Å². The molecule has 0 spiro atoms. The van der Waals surface area contributed by atoms with E-state index in [0.717, 1.165) is 42.8 Å². The summed E-state index contributed by atoms with van der Waals surface area (Å²) < 4.78 is 9.14. The van der Waals surface area contributed by atoms with Crippen molar-refractivity contribution in [3.05, 3.63) is 40.4 Å². The summed E-state index contributed by atoms with van der Waals surface area (Å²) in [6, 6.07) is 6.69. The summed E-state index contributed by atoms with van der Waals surface area (Å²) in [4.78, 5) is 39.8. The minimum Gasteiger partial charge on any atom is -0.497 e. The SMILES string of the molecule is CCC(C(=O)NC1CCCC1)N(Cc1ccc(OC)cc1)C(=O)c1snc(C(N)=O)c1N. The molecule has 1 aliphatic carbocycles. The molecule has 10 heteroatoms. The number of nitrogens with zero attached hydrogens (tertiary/aromatic N) is 2. The van der Waals surface area contributed by atoms with E-state index >= 15 is 0 Å². The minimum atomic E-state index is -0.800. The molecule has 1 aliphatic rings. The molecule has 1 unspecified atom stereocenters. The van der Waals surface area contributed by atoms with Gasteiger partial charge in [-0.3, -0.25) is 14.4 Å².